The number of carbonyl (C=O) groups excluding carboxylic acids is 1. The van der Waals surface area contributed by atoms with Gasteiger partial charge in [0.15, 0.2) is 0 Å². The Labute approximate surface area is 210 Å². The van der Waals surface area contributed by atoms with E-state index in [4.69, 9.17) is 0 Å². The standard InChI is InChI=1S/C31H55FO2/c1-5-8-9-23-10-12-25(13-11-23)26-16-14-24(15-17-26)22(4)28(7-3)31(19-6-2)20-18-27(30(33)34)21-29(31)32/h22-29H,5-21H2,1-4H3,(H,33,34)/p-1. The maximum atomic E-state index is 15.8. The first-order chi connectivity index (χ1) is 16.4. The topological polar surface area (TPSA) is 40.1 Å². The van der Waals surface area contributed by atoms with Crippen molar-refractivity contribution in [3.8, 4) is 0 Å². The summed E-state index contributed by atoms with van der Waals surface area (Å²) >= 11 is 0. The van der Waals surface area contributed by atoms with E-state index in [1.54, 1.807) is 0 Å². The van der Waals surface area contributed by atoms with Crippen LogP contribution in [-0.2, 0) is 4.79 Å². The van der Waals surface area contributed by atoms with Crippen molar-refractivity contribution in [3.63, 3.8) is 0 Å². The average Bonchev–Trinajstić information content (AvgIpc) is 2.85. The number of alkyl halides is 1. The van der Waals surface area contributed by atoms with E-state index >= 15 is 4.39 Å². The highest BCUT2D eigenvalue weighted by Gasteiger charge is 2.50. The Morgan fingerprint density at radius 3 is 2.06 bits per heavy atom. The number of halogens is 1. The van der Waals surface area contributed by atoms with Gasteiger partial charge in [-0.25, -0.2) is 4.39 Å². The van der Waals surface area contributed by atoms with Crippen molar-refractivity contribution < 1.29 is 14.3 Å². The number of hydrogen-bond donors (Lipinski definition) is 0. The van der Waals surface area contributed by atoms with E-state index in [1.165, 1.54) is 70.6 Å². The lowest BCUT2D eigenvalue weighted by Crippen LogP contribution is -2.50. The lowest BCUT2D eigenvalue weighted by atomic mass is 9.54. The molecular weight excluding hydrogens is 423 g/mol. The molecule has 0 aromatic rings. The highest BCUT2D eigenvalue weighted by molar-refractivity contribution is 5.67. The minimum absolute atomic E-state index is 0.166. The van der Waals surface area contributed by atoms with Crippen LogP contribution < -0.4 is 5.11 Å². The summed E-state index contributed by atoms with van der Waals surface area (Å²) in [5.41, 5.74) is -0.331. The Balaban J connectivity index is 1.57. The predicted octanol–water partition coefficient (Wildman–Crippen LogP) is 8.13. The van der Waals surface area contributed by atoms with Gasteiger partial charge >= 0.3 is 0 Å². The fraction of sp³-hybridized carbons (Fsp3) is 0.968. The molecule has 3 aliphatic rings. The third kappa shape index (κ3) is 6.39. The zero-order valence-electron chi connectivity index (χ0n) is 22.8. The van der Waals surface area contributed by atoms with Crippen molar-refractivity contribution in [3.05, 3.63) is 0 Å². The van der Waals surface area contributed by atoms with Crippen LogP contribution in [-0.4, -0.2) is 12.1 Å². The fourth-order valence-electron chi connectivity index (χ4n) is 8.98. The molecule has 0 N–H and O–H groups in total. The second kappa shape index (κ2) is 13.1. The molecule has 5 atom stereocenters. The fourth-order valence-corrected chi connectivity index (χ4v) is 8.98. The molecule has 34 heavy (non-hydrogen) atoms. The molecule has 0 bridgehead atoms. The molecule has 0 spiro atoms. The van der Waals surface area contributed by atoms with Gasteiger partial charge in [-0.1, -0.05) is 72.6 Å². The van der Waals surface area contributed by atoms with E-state index in [-0.39, 0.29) is 11.8 Å². The van der Waals surface area contributed by atoms with Gasteiger partial charge in [-0.3, -0.25) is 0 Å². The van der Waals surface area contributed by atoms with Crippen molar-refractivity contribution in [2.45, 2.75) is 143 Å². The van der Waals surface area contributed by atoms with E-state index in [0.29, 0.717) is 24.2 Å². The molecule has 0 aliphatic heterocycles. The van der Waals surface area contributed by atoms with Gasteiger partial charge in [0.25, 0.3) is 0 Å². The summed E-state index contributed by atoms with van der Waals surface area (Å²) in [6, 6.07) is 0. The summed E-state index contributed by atoms with van der Waals surface area (Å²) < 4.78 is 15.8. The smallest absolute Gasteiger partial charge is 0.107 e. The van der Waals surface area contributed by atoms with Crippen LogP contribution in [0.5, 0.6) is 0 Å². The van der Waals surface area contributed by atoms with Crippen LogP contribution in [0.4, 0.5) is 4.39 Å². The molecule has 3 heteroatoms. The quantitative estimate of drug-likeness (QED) is 0.301. The third-order valence-corrected chi connectivity index (χ3v) is 11.0. The summed E-state index contributed by atoms with van der Waals surface area (Å²) in [7, 11) is 0. The molecule has 3 aliphatic carbocycles. The van der Waals surface area contributed by atoms with Crippen molar-refractivity contribution in [1.29, 1.82) is 0 Å². The van der Waals surface area contributed by atoms with Crippen LogP contribution >= 0.6 is 0 Å². The molecule has 0 aromatic heterocycles. The first kappa shape index (κ1) is 28.0. The van der Waals surface area contributed by atoms with Gasteiger partial charge in [0.1, 0.15) is 6.17 Å². The van der Waals surface area contributed by atoms with E-state index in [0.717, 1.165) is 43.4 Å². The summed E-state index contributed by atoms with van der Waals surface area (Å²) in [6.07, 6.45) is 18.8. The van der Waals surface area contributed by atoms with Crippen LogP contribution in [0.1, 0.15) is 137 Å². The second-order valence-electron chi connectivity index (χ2n) is 12.7. The maximum absolute atomic E-state index is 15.8. The van der Waals surface area contributed by atoms with Gasteiger partial charge in [-0.05, 0) is 99.7 Å². The van der Waals surface area contributed by atoms with Gasteiger partial charge in [0, 0.05) is 17.3 Å². The maximum Gasteiger partial charge on any atom is 0.107 e. The second-order valence-corrected chi connectivity index (χ2v) is 12.7. The van der Waals surface area contributed by atoms with Crippen LogP contribution in [0, 0.1) is 46.8 Å². The van der Waals surface area contributed by atoms with Crippen molar-refractivity contribution >= 4 is 5.97 Å². The van der Waals surface area contributed by atoms with Crippen molar-refractivity contribution in [2.75, 3.05) is 0 Å². The Kier molecular flexibility index (Phi) is 10.8. The monoisotopic (exact) mass is 477 g/mol. The molecular formula is C31H54FO2-. The Bertz CT molecular complexity index is 605. The van der Waals surface area contributed by atoms with E-state index in [2.05, 4.69) is 27.7 Å². The molecule has 0 heterocycles. The zero-order chi connectivity index (χ0) is 24.7. The van der Waals surface area contributed by atoms with Gasteiger partial charge in [-0.15, -0.1) is 0 Å². The highest BCUT2D eigenvalue weighted by Crippen LogP contribution is 2.55. The minimum Gasteiger partial charge on any atom is -0.550 e. The van der Waals surface area contributed by atoms with Gasteiger partial charge in [0.2, 0.25) is 0 Å². The van der Waals surface area contributed by atoms with E-state index < -0.39 is 18.1 Å². The SMILES string of the molecule is CCCCC1CCC(C2CCC(C(C)C(CC)C3(CCC)CCC(C(=O)[O-])CC3F)CC2)CC1. The van der Waals surface area contributed by atoms with E-state index in [1.807, 2.05) is 0 Å². The Hall–Kier alpha value is -0.600. The Morgan fingerprint density at radius 1 is 0.941 bits per heavy atom. The summed E-state index contributed by atoms with van der Waals surface area (Å²) in [4.78, 5) is 11.4. The average molecular weight is 478 g/mol. The molecule has 2 nitrogen and oxygen atoms in total. The largest absolute Gasteiger partial charge is 0.550 e. The predicted molar refractivity (Wildman–Crippen MR) is 138 cm³/mol. The van der Waals surface area contributed by atoms with Crippen LogP contribution in [0.25, 0.3) is 0 Å². The molecule has 0 aromatic carbocycles. The number of aliphatic carboxylic acids is 1. The number of rotatable bonds is 11. The zero-order valence-corrected chi connectivity index (χ0v) is 22.8. The third-order valence-electron chi connectivity index (χ3n) is 11.0. The number of carboxylic acids is 1. The van der Waals surface area contributed by atoms with Gasteiger partial charge in [0.05, 0.1) is 0 Å². The lowest BCUT2D eigenvalue weighted by molar-refractivity contribution is -0.314. The lowest BCUT2D eigenvalue weighted by Gasteiger charge is -2.52. The Morgan fingerprint density at radius 2 is 1.56 bits per heavy atom. The molecule has 3 saturated carbocycles. The molecule has 5 unspecified atom stereocenters. The molecule has 0 saturated heterocycles. The summed E-state index contributed by atoms with van der Waals surface area (Å²) in [5, 5.41) is 11.4. The first-order valence-corrected chi connectivity index (χ1v) is 15.2. The number of carbonyl (C=O) groups is 1. The van der Waals surface area contributed by atoms with Gasteiger partial charge < -0.3 is 9.90 Å². The molecule has 3 fully saturated rings. The molecule has 0 amide bonds. The number of unbranched alkanes of at least 4 members (excludes halogenated alkanes) is 1. The summed E-state index contributed by atoms with van der Waals surface area (Å²) in [5.74, 6) is 2.83. The van der Waals surface area contributed by atoms with Crippen molar-refractivity contribution in [1.82, 2.24) is 0 Å². The van der Waals surface area contributed by atoms with E-state index in [9.17, 15) is 9.90 Å². The molecule has 3 rings (SSSR count). The van der Waals surface area contributed by atoms with Crippen LogP contribution in [0.15, 0.2) is 0 Å². The minimum atomic E-state index is -1.05. The molecule has 198 valence electrons. The number of hydrogen-bond acceptors (Lipinski definition) is 2. The summed E-state index contributed by atoms with van der Waals surface area (Å²) in [6.45, 7) is 9.13. The van der Waals surface area contributed by atoms with Gasteiger partial charge in [-0.2, -0.15) is 0 Å². The first-order valence-electron chi connectivity index (χ1n) is 15.2. The van der Waals surface area contributed by atoms with Crippen molar-refractivity contribution in [2.24, 2.45) is 46.8 Å². The number of carboxylic acid groups (broad SMARTS) is 1. The normalized spacial score (nSPS) is 38.9. The van der Waals surface area contributed by atoms with Crippen LogP contribution in [0.3, 0.4) is 0 Å². The highest BCUT2D eigenvalue weighted by atomic mass is 19.1. The van der Waals surface area contributed by atoms with Crippen LogP contribution in [0.2, 0.25) is 0 Å². The molecule has 0 radical (unpaired) electrons.